The van der Waals surface area contributed by atoms with Crippen LogP contribution in [-0.4, -0.2) is 75.4 Å². The topological polar surface area (TPSA) is 121 Å². The highest BCUT2D eigenvalue weighted by Crippen LogP contribution is 2.28. The maximum atomic E-state index is 13.0. The molecule has 0 aliphatic carbocycles. The van der Waals surface area contributed by atoms with Crippen LogP contribution in [0.5, 0.6) is 0 Å². The first-order valence-corrected chi connectivity index (χ1v) is 16.3. The zero-order valence-corrected chi connectivity index (χ0v) is 27.7. The van der Waals surface area contributed by atoms with Crippen molar-refractivity contribution in [1.29, 1.82) is 0 Å². The number of anilines is 2. The molecule has 4 N–H and O–H groups in total. The molecule has 4 aromatic rings. The number of hydrogen-bond acceptors (Lipinski definition) is 7. The molecule has 2 aromatic heterocycles. The number of benzene rings is 2. The van der Waals surface area contributed by atoms with Gasteiger partial charge in [-0.2, -0.15) is 0 Å². The number of hydrogen-bond donors (Lipinski definition) is 3. The SMILES string of the molecule is CCN1CCN(Cc2ccc(NC(=O)Cc3cccc(C#Cc4cnc(N)nc4-c4cc5c(n4C)CCNC5=O)c3)cc2Br)CC1. The van der Waals surface area contributed by atoms with Gasteiger partial charge in [-0.15, -0.1) is 0 Å². The normalized spacial score (nSPS) is 15.1. The van der Waals surface area contributed by atoms with Crippen molar-refractivity contribution in [2.24, 2.45) is 7.05 Å². The maximum Gasteiger partial charge on any atom is 0.253 e. The van der Waals surface area contributed by atoms with Crippen LogP contribution < -0.4 is 16.4 Å². The predicted molar refractivity (Wildman–Crippen MR) is 183 cm³/mol. The van der Waals surface area contributed by atoms with E-state index in [1.54, 1.807) is 6.20 Å². The van der Waals surface area contributed by atoms with Gasteiger partial charge < -0.3 is 25.8 Å². The molecule has 11 heteroatoms. The van der Waals surface area contributed by atoms with E-state index in [9.17, 15) is 9.59 Å². The third kappa shape index (κ3) is 7.15. The number of nitrogens with two attached hydrogens (primary N) is 1. The summed E-state index contributed by atoms with van der Waals surface area (Å²) in [4.78, 5) is 39.0. The molecule has 0 spiro atoms. The Hall–Kier alpha value is -4.50. The van der Waals surface area contributed by atoms with Gasteiger partial charge in [0.05, 0.1) is 23.2 Å². The van der Waals surface area contributed by atoms with Gasteiger partial charge in [-0.1, -0.05) is 52.9 Å². The molecular weight excluding hydrogens is 644 g/mol. The second-order valence-corrected chi connectivity index (χ2v) is 12.5. The van der Waals surface area contributed by atoms with Crippen molar-refractivity contribution < 1.29 is 9.59 Å². The van der Waals surface area contributed by atoms with Gasteiger partial charge in [-0.3, -0.25) is 14.5 Å². The summed E-state index contributed by atoms with van der Waals surface area (Å²) in [6, 6.07) is 15.5. The summed E-state index contributed by atoms with van der Waals surface area (Å²) in [5.74, 6) is 6.30. The van der Waals surface area contributed by atoms with E-state index in [2.05, 4.69) is 71.2 Å². The molecule has 2 aliphatic heterocycles. The lowest BCUT2D eigenvalue weighted by Gasteiger charge is -2.34. The Morgan fingerprint density at radius 1 is 1.09 bits per heavy atom. The molecule has 10 nitrogen and oxygen atoms in total. The molecule has 0 saturated carbocycles. The molecule has 236 valence electrons. The van der Waals surface area contributed by atoms with E-state index in [0.29, 0.717) is 23.4 Å². The summed E-state index contributed by atoms with van der Waals surface area (Å²) in [6.07, 6.45) is 2.55. The van der Waals surface area contributed by atoms with Gasteiger partial charge in [0.15, 0.2) is 0 Å². The molecule has 0 atom stereocenters. The smallest absolute Gasteiger partial charge is 0.253 e. The van der Waals surface area contributed by atoms with Crippen LogP contribution in [0.1, 0.15) is 45.2 Å². The zero-order chi connectivity index (χ0) is 32.2. The number of fused-ring (bicyclic) bond motifs is 1. The quantitative estimate of drug-likeness (QED) is 0.254. The third-order valence-electron chi connectivity index (χ3n) is 8.58. The number of nitrogen functional groups attached to an aromatic ring is 1. The zero-order valence-electron chi connectivity index (χ0n) is 26.1. The van der Waals surface area contributed by atoms with Gasteiger partial charge in [-0.05, 0) is 48.0 Å². The second kappa shape index (κ2) is 13.9. The molecule has 2 aliphatic rings. The second-order valence-electron chi connectivity index (χ2n) is 11.6. The molecule has 0 radical (unpaired) electrons. The van der Waals surface area contributed by atoms with E-state index in [4.69, 9.17) is 5.73 Å². The fourth-order valence-electron chi connectivity index (χ4n) is 5.99. The van der Waals surface area contributed by atoms with Gasteiger partial charge in [0.2, 0.25) is 11.9 Å². The molecule has 46 heavy (non-hydrogen) atoms. The maximum absolute atomic E-state index is 13.0. The highest BCUT2D eigenvalue weighted by molar-refractivity contribution is 9.10. The molecule has 2 amide bonds. The monoisotopic (exact) mass is 680 g/mol. The Bertz CT molecular complexity index is 1850. The number of nitrogens with zero attached hydrogens (tertiary/aromatic N) is 5. The highest BCUT2D eigenvalue weighted by atomic mass is 79.9. The number of amides is 2. The van der Waals surface area contributed by atoms with E-state index in [1.807, 2.05) is 54.1 Å². The first-order valence-electron chi connectivity index (χ1n) is 15.5. The predicted octanol–water partition coefficient (Wildman–Crippen LogP) is 3.83. The van der Waals surface area contributed by atoms with Crippen LogP contribution in [0.15, 0.2) is 59.2 Å². The minimum Gasteiger partial charge on any atom is -0.368 e. The standard InChI is InChI=1S/C35H37BrN8O2/c1-3-43-13-15-44(16-14-43)22-26-9-10-27(19-29(26)36)40-32(45)18-24-6-4-5-23(17-24)7-8-25-21-39-35(37)41-33(25)31-20-28-30(42(31)2)11-12-38-34(28)46/h4-6,9-10,17,19-21H,3,11-16,18,22H2,1-2H3,(H,38,46)(H,40,45)(H2,37,39,41). The lowest BCUT2D eigenvalue weighted by atomic mass is 10.1. The van der Waals surface area contributed by atoms with E-state index >= 15 is 0 Å². The van der Waals surface area contributed by atoms with Crippen molar-refractivity contribution in [3.05, 3.63) is 92.7 Å². The summed E-state index contributed by atoms with van der Waals surface area (Å²) in [5, 5.41) is 5.91. The number of carbonyl (C=O) groups excluding carboxylic acids is 2. The number of halogens is 1. The number of rotatable bonds is 7. The number of carbonyl (C=O) groups is 2. The fraction of sp³-hybridized carbons (Fsp3) is 0.314. The van der Waals surface area contributed by atoms with E-state index in [-0.39, 0.29) is 24.2 Å². The fourth-order valence-corrected chi connectivity index (χ4v) is 6.49. The first-order chi connectivity index (χ1) is 22.3. The van der Waals surface area contributed by atoms with Crippen LogP contribution in [-0.2, 0) is 31.2 Å². The molecule has 6 rings (SSSR count). The van der Waals surface area contributed by atoms with Crippen LogP contribution in [0.2, 0.25) is 0 Å². The number of nitrogens with one attached hydrogen (secondary N) is 2. The minimum absolute atomic E-state index is 0.0974. The summed E-state index contributed by atoms with van der Waals surface area (Å²) >= 11 is 3.71. The van der Waals surface area contributed by atoms with E-state index in [1.165, 1.54) is 5.56 Å². The summed E-state index contributed by atoms with van der Waals surface area (Å²) in [6.45, 7) is 9.11. The Labute approximate surface area is 277 Å². The molecule has 1 fully saturated rings. The molecule has 0 bridgehead atoms. The average Bonchev–Trinajstić information content (AvgIpc) is 3.39. The van der Waals surface area contributed by atoms with Crippen LogP contribution in [0.4, 0.5) is 11.6 Å². The average molecular weight is 682 g/mol. The van der Waals surface area contributed by atoms with Crippen molar-refractivity contribution in [3.8, 4) is 23.2 Å². The van der Waals surface area contributed by atoms with Gasteiger partial charge in [0, 0.05) is 80.4 Å². The van der Waals surface area contributed by atoms with Crippen LogP contribution in [0.25, 0.3) is 11.4 Å². The largest absolute Gasteiger partial charge is 0.368 e. The number of piperazine rings is 1. The van der Waals surface area contributed by atoms with Crippen molar-refractivity contribution in [3.63, 3.8) is 0 Å². The Kier molecular flexibility index (Phi) is 9.49. The Morgan fingerprint density at radius 2 is 1.89 bits per heavy atom. The Balaban J connectivity index is 1.12. The van der Waals surface area contributed by atoms with Crippen LogP contribution in [0.3, 0.4) is 0 Å². The van der Waals surface area contributed by atoms with Crippen molar-refractivity contribution in [2.45, 2.75) is 26.3 Å². The number of aromatic nitrogens is 3. The lowest BCUT2D eigenvalue weighted by Crippen LogP contribution is -2.45. The summed E-state index contributed by atoms with van der Waals surface area (Å²) < 4.78 is 2.96. The van der Waals surface area contributed by atoms with Gasteiger partial charge >= 0.3 is 0 Å². The van der Waals surface area contributed by atoms with E-state index < -0.39 is 0 Å². The highest BCUT2D eigenvalue weighted by Gasteiger charge is 2.24. The molecule has 0 unspecified atom stereocenters. The lowest BCUT2D eigenvalue weighted by molar-refractivity contribution is -0.115. The van der Waals surface area contributed by atoms with Crippen molar-refractivity contribution in [2.75, 3.05) is 50.3 Å². The third-order valence-corrected chi connectivity index (χ3v) is 9.31. The number of likely N-dealkylation sites (N-methyl/N-ethyl adjacent to an activating group) is 1. The summed E-state index contributed by atoms with van der Waals surface area (Å²) in [5.41, 5.74) is 13.0. The molecular formula is C35H37BrN8O2. The first kappa shape index (κ1) is 31.5. The van der Waals surface area contributed by atoms with Gasteiger partial charge in [0.25, 0.3) is 5.91 Å². The van der Waals surface area contributed by atoms with Crippen molar-refractivity contribution >= 4 is 39.4 Å². The minimum atomic E-state index is -0.105. The Morgan fingerprint density at radius 3 is 2.65 bits per heavy atom. The van der Waals surface area contributed by atoms with Crippen LogP contribution in [0, 0.1) is 11.8 Å². The van der Waals surface area contributed by atoms with Gasteiger partial charge in [-0.25, -0.2) is 9.97 Å². The summed E-state index contributed by atoms with van der Waals surface area (Å²) in [7, 11) is 1.92. The van der Waals surface area contributed by atoms with Crippen LogP contribution >= 0.6 is 15.9 Å². The van der Waals surface area contributed by atoms with E-state index in [0.717, 1.165) is 78.4 Å². The molecule has 4 heterocycles. The molecule has 1 saturated heterocycles. The molecule has 2 aromatic carbocycles. The van der Waals surface area contributed by atoms with Crippen molar-refractivity contribution in [1.82, 2.24) is 29.7 Å². The van der Waals surface area contributed by atoms with Gasteiger partial charge in [0.1, 0.15) is 5.69 Å².